The van der Waals surface area contributed by atoms with Crippen LogP contribution in [0.5, 0.6) is 11.5 Å². The second-order valence-electron chi connectivity index (χ2n) is 6.32. The van der Waals surface area contributed by atoms with Gasteiger partial charge in [-0.15, -0.1) is 0 Å². The third-order valence-corrected chi connectivity index (χ3v) is 4.28. The smallest absolute Gasteiger partial charge is 0.161 e. The highest BCUT2D eigenvalue weighted by atomic mass is 16.5. The molecule has 0 bridgehead atoms. The Morgan fingerprint density at radius 2 is 1.86 bits per heavy atom. The summed E-state index contributed by atoms with van der Waals surface area (Å²) in [7, 11) is 1.63. The van der Waals surface area contributed by atoms with Crippen LogP contribution in [0, 0.1) is 11.3 Å². The molecule has 0 saturated heterocycles. The van der Waals surface area contributed by atoms with Crippen molar-refractivity contribution in [1.29, 1.82) is 5.26 Å². The Kier molecular flexibility index (Phi) is 7.05. The van der Waals surface area contributed by atoms with Gasteiger partial charge in [-0.25, -0.2) is 4.68 Å². The second-order valence-corrected chi connectivity index (χ2v) is 6.32. The van der Waals surface area contributed by atoms with E-state index >= 15 is 0 Å². The quantitative estimate of drug-likeness (QED) is 0.544. The zero-order valence-corrected chi connectivity index (χ0v) is 16.0. The normalized spacial score (nSPS) is 10.4. The van der Waals surface area contributed by atoms with E-state index in [1.54, 1.807) is 13.3 Å². The summed E-state index contributed by atoms with van der Waals surface area (Å²) in [4.78, 5) is 0. The predicted octanol–water partition coefficient (Wildman–Crippen LogP) is 3.85. The van der Waals surface area contributed by atoms with Crippen LogP contribution in [0.25, 0.3) is 5.69 Å². The number of ether oxygens (including phenoxy) is 2. The molecule has 1 aromatic heterocycles. The van der Waals surface area contributed by atoms with E-state index < -0.39 is 0 Å². The molecular formula is C22H24N4O2. The fourth-order valence-electron chi connectivity index (χ4n) is 2.82. The summed E-state index contributed by atoms with van der Waals surface area (Å²) in [5.74, 6) is 1.42. The fourth-order valence-corrected chi connectivity index (χ4v) is 2.82. The van der Waals surface area contributed by atoms with E-state index in [4.69, 9.17) is 14.7 Å². The van der Waals surface area contributed by atoms with Gasteiger partial charge >= 0.3 is 0 Å². The maximum absolute atomic E-state index is 8.62. The minimum Gasteiger partial charge on any atom is -0.493 e. The Labute approximate surface area is 165 Å². The van der Waals surface area contributed by atoms with E-state index in [0.717, 1.165) is 24.3 Å². The van der Waals surface area contributed by atoms with Crippen LogP contribution in [0.15, 0.2) is 60.9 Å². The summed E-state index contributed by atoms with van der Waals surface area (Å²) in [6.45, 7) is 1.99. The number of hydrogen-bond donors (Lipinski definition) is 1. The van der Waals surface area contributed by atoms with Gasteiger partial charge in [0.25, 0.3) is 0 Å². The molecule has 3 rings (SSSR count). The van der Waals surface area contributed by atoms with Gasteiger partial charge in [0.2, 0.25) is 0 Å². The Balaban J connectivity index is 1.53. The highest BCUT2D eigenvalue weighted by molar-refractivity contribution is 5.43. The number of methoxy groups -OCH3 is 1. The number of nitrogens with zero attached hydrogens (tertiary/aromatic N) is 3. The third kappa shape index (κ3) is 5.35. The zero-order valence-electron chi connectivity index (χ0n) is 16.0. The van der Waals surface area contributed by atoms with Gasteiger partial charge in [-0.2, -0.15) is 10.4 Å². The van der Waals surface area contributed by atoms with Gasteiger partial charge < -0.3 is 14.8 Å². The Morgan fingerprint density at radius 1 is 1.07 bits per heavy atom. The van der Waals surface area contributed by atoms with Gasteiger partial charge in [-0.1, -0.05) is 18.2 Å². The van der Waals surface area contributed by atoms with Crippen LogP contribution in [0.4, 0.5) is 0 Å². The molecule has 6 heteroatoms. The standard InChI is InChI=1S/C22H24N4O2/c1-27-21-10-7-19(15-22(21)28-14-3-2-11-23)17-24-16-18-5-8-20(9-6-18)26-13-4-12-25-26/h4-10,12-13,15,24H,2-3,14,16-17H2,1H3. The Hall–Kier alpha value is -3.30. The Bertz CT molecular complexity index is 899. The molecule has 0 aliphatic carbocycles. The average molecular weight is 376 g/mol. The summed E-state index contributed by atoms with van der Waals surface area (Å²) in [6, 6.07) is 18.3. The van der Waals surface area contributed by atoms with Crippen molar-refractivity contribution in [2.45, 2.75) is 25.9 Å². The number of benzene rings is 2. The molecule has 0 radical (unpaired) electrons. The van der Waals surface area contributed by atoms with Crippen LogP contribution >= 0.6 is 0 Å². The first-order valence-corrected chi connectivity index (χ1v) is 9.26. The summed E-state index contributed by atoms with van der Waals surface area (Å²) in [5, 5.41) is 16.3. The lowest BCUT2D eigenvalue weighted by Gasteiger charge is -2.12. The van der Waals surface area contributed by atoms with Crippen LogP contribution in [-0.4, -0.2) is 23.5 Å². The third-order valence-electron chi connectivity index (χ3n) is 4.28. The summed E-state index contributed by atoms with van der Waals surface area (Å²) < 4.78 is 13.0. The first-order chi connectivity index (χ1) is 13.8. The van der Waals surface area contributed by atoms with E-state index in [1.807, 2.05) is 35.1 Å². The van der Waals surface area contributed by atoms with Crippen molar-refractivity contribution in [2.24, 2.45) is 0 Å². The van der Waals surface area contributed by atoms with Crippen molar-refractivity contribution < 1.29 is 9.47 Å². The lowest BCUT2D eigenvalue weighted by molar-refractivity contribution is 0.290. The summed E-state index contributed by atoms with van der Waals surface area (Å²) in [5.41, 5.74) is 3.36. The second kappa shape index (κ2) is 10.1. The molecule has 0 spiro atoms. The average Bonchev–Trinajstić information content (AvgIpc) is 3.27. The minimum absolute atomic E-state index is 0.489. The highest BCUT2D eigenvalue weighted by Crippen LogP contribution is 2.28. The van der Waals surface area contributed by atoms with Crippen LogP contribution in [0.2, 0.25) is 0 Å². The molecule has 3 aromatic rings. The molecular weight excluding hydrogens is 352 g/mol. The maximum Gasteiger partial charge on any atom is 0.161 e. The molecule has 1 heterocycles. The van der Waals surface area contributed by atoms with Crippen molar-refractivity contribution in [3.63, 3.8) is 0 Å². The molecule has 28 heavy (non-hydrogen) atoms. The van der Waals surface area contributed by atoms with Crippen molar-refractivity contribution in [1.82, 2.24) is 15.1 Å². The largest absolute Gasteiger partial charge is 0.493 e. The molecule has 2 aromatic carbocycles. The predicted molar refractivity (Wildman–Crippen MR) is 107 cm³/mol. The van der Waals surface area contributed by atoms with Crippen molar-refractivity contribution in [3.8, 4) is 23.3 Å². The van der Waals surface area contributed by atoms with E-state index in [9.17, 15) is 0 Å². The maximum atomic E-state index is 8.62. The van der Waals surface area contributed by atoms with Gasteiger partial charge in [0.15, 0.2) is 11.5 Å². The lowest BCUT2D eigenvalue weighted by atomic mass is 10.1. The molecule has 0 amide bonds. The van der Waals surface area contributed by atoms with Crippen molar-refractivity contribution in [3.05, 3.63) is 72.1 Å². The lowest BCUT2D eigenvalue weighted by Crippen LogP contribution is -2.13. The molecule has 0 fully saturated rings. The van der Waals surface area contributed by atoms with Crippen LogP contribution in [0.1, 0.15) is 24.0 Å². The number of aromatic nitrogens is 2. The van der Waals surface area contributed by atoms with Crippen LogP contribution in [-0.2, 0) is 13.1 Å². The highest BCUT2D eigenvalue weighted by Gasteiger charge is 2.06. The van der Waals surface area contributed by atoms with E-state index in [2.05, 4.69) is 40.8 Å². The topological polar surface area (TPSA) is 72.1 Å². The number of hydrogen-bond acceptors (Lipinski definition) is 5. The van der Waals surface area contributed by atoms with Crippen LogP contribution in [0.3, 0.4) is 0 Å². The Morgan fingerprint density at radius 3 is 2.57 bits per heavy atom. The van der Waals surface area contributed by atoms with Crippen LogP contribution < -0.4 is 14.8 Å². The molecule has 0 aliphatic rings. The zero-order chi connectivity index (χ0) is 19.6. The minimum atomic E-state index is 0.489. The van der Waals surface area contributed by atoms with Gasteiger partial charge in [0, 0.05) is 31.9 Å². The number of nitrogens with one attached hydrogen (secondary N) is 1. The molecule has 0 saturated carbocycles. The number of nitriles is 1. The van der Waals surface area contributed by atoms with Crippen molar-refractivity contribution in [2.75, 3.05) is 13.7 Å². The monoisotopic (exact) mass is 376 g/mol. The summed E-state index contributed by atoms with van der Waals surface area (Å²) in [6.07, 6.45) is 4.89. The van der Waals surface area contributed by atoms with Gasteiger partial charge in [0.05, 0.1) is 25.5 Å². The van der Waals surface area contributed by atoms with Crippen molar-refractivity contribution >= 4 is 0 Å². The molecule has 6 nitrogen and oxygen atoms in total. The van der Waals surface area contributed by atoms with Gasteiger partial charge in [0.1, 0.15) is 0 Å². The molecule has 144 valence electrons. The first-order valence-electron chi connectivity index (χ1n) is 9.26. The van der Waals surface area contributed by atoms with E-state index in [1.165, 1.54) is 5.56 Å². The molecule has 0 unspecified atom stereocenters. The summed E-state index contributed by atoms with van der Waals surface area (Å²) >= 11 is 0. The van der Waals surface area contributed by atoms with E-state index in [-0.39, 0.29) is 0 Å². The molecule has 0 aliphatic heterocycles. The fraction of sp³-hybridized carbons (Fsp3) is 0.273. The number of rotatable bonds is 10. The first kappa shape index (κ1) is 19.5. The molecule has 0 atom stereocenters. The number of unbranched alkanes of at least 4 members (excludes halogenated alkanes) is 1. The molecule has 1 N–H and O–H groups in total. The van der Waals surface area contributed by atoms with Gasteiger partial charge in [-0.05, 0) is 47.9 Å². The van der Waals surface area contributed by atoms with E-state index in [0.29, 0.717) is 30.9 Å². The van der Waals surface area contributed by atoms with Gasteiger partial charge in [-0.3, -0.25) is 0 Å². The SMILES string of the molecule is COc1ccc(CNCc2ccc(-n3cccn3)cc2)cc1OCCCC#N.